The van der Waals surface area contributed by atoms with Crippen molar-refractivity contribution in [2.75, 3.05) is 13.2 Å². The van der Waals surface area contributed by atoms with Crippen LogP contribution in [0.2, 0.25) is 0 Å². The number of ether oxygens (including phenoxy) is 1. The zero-order chi connectivity index (χ0) is 25.9. The first-order chi connectivity index (χ1) is 17.4. The van der Waals surface area contributed by atoms with Crippen molar-refractivity contribution in [1.82, 2.24) is 22.0 Å². The molecule has 0 saturated carbocycles. The lowest BCUT2D eigenvalue weighted by Gasteiger charge is -2.13. The first-order valence-electron chi connectivity index (χ1n) is 12.0. The molecule has 0 fully saturated rings. The minimum atomic E-state index is -0.342. The summed E-state index contributed by atoms with van der Waals surface area (Å²) < 4.78 is 5.80. The predicted octanol–water partition coefficient (Wildman–Crippen LogP) is 4.13. The van der Waals surface area contributed by atoms with Crippen LogP contribution in [0.4, 0.5) is 0 Å². The van der Waals surface area contributed by atoms with Gasteiger partial charge in [0.15, 0.2) is 0 Å². The lowest BCUT2D eigenvalue weighted by molar-refractivity contribution is 0.00111. The number of carbonyl (C=O) groups is 2. The number of hydrazine groups is 2. The van der Waals surface area contributed by atoms with E-state index in [1.54, 1.807) is 25.1 Å². The number of benzene rings is 3. The minimum absolute atomic E-state index is 0.164. The van der Waals surface area contributed by atoms with E-state index in [0.717, 1.165) is 28.3 Å². The van der Waals surface area contributed by atoms with Crippen molar-refractivity contribution in [2.45, 2.75) is 40.7 Å². The highest BCUT2D eigenvalue weighted by Crippen LogP contribution is 2.23. The van der Waals surface area contributed by atoms with E-state index in [4.69, 9.17) is 14.4 Å². The Bertz CT molecular complexity index is 1180. The van der Waals surface area contributed by atoms with Gasteiger partial charge in [-0.25, -0.2) is 0 Å². The molecule has 0 atom stereocenters. The maximum atomic E-state index is 12.6. The average molecular weight is 495 g/mol. The van der Waals surface area contributed by atoms with Crippen LogP contribution in [0.5, 0.6) is 5.75 Å². The number of nitrogens with one attached hydrogen (secondary N) is 4. The molecule has 3 rings (SSSR count). The highest BCUT2D eigenvalue weighted by atomic mass is 16.7. The topological polar surface area (TPSA) is 110 Å². The molecule has 0 aliphatic rings. The molecule has 0 aliphatic carbocycles. The van der Waals surface area contributed by atoms with Crippen LogP contribution in [0.15, 0.2) is 54.6 Å². The van der Waals surface area contributed by atoms with Crippen molar-refractivity contribution in [3.05, 3.63) is 76.9 Å². The molecule has 0 unspecified atom stereocenters. The van der Waals surface area contributed by atoms with Crippen LogP contribution in [-0.2, 0) is 16.3 Å². The lowest BCUT2D eigenvalue weighted by atomic mass is 9.99. The number of fused-ring (bicyclic) bond motifs is 1. The van der Waals surface area contributed by atoms with E-state index in [1.165, 1.54) is 0 Å². The second kappa shape index (κ2) is 13.6. The number of hydrogen-bond acceptors (Lipinski definition) is 7. The van der Waals surface area contributed by atoms with Crippen LogP contribution in [0.1, 0.15) is 59.0 Å². The van der Waals surface area contributed by atoms with Crippen LogP contribution in [0.3, 0.4) is 0 Å². The molecule has 192 valence electrons. The van der Waals surface area contributed by atoms with Crippen molar-refractivity contribution in [1.29, 1.82) is 0 Å². The first kappa shape index (κ1) is 27.1. The largest absolute Gasteiger partial charge is 0.494 e. The smallest absolute Gasteiger partial charge is 0.267 e. The van der Waals surface area contributed by atoms with Crippen molar-refractivity contribution in [3.63, 3.8) is 0 Å². The molecule has 0 saturated heterocycles. The molecule has 0 aliphatic heterocycles. The maximum Gasteiger partial charge on any atom is 0.267 e. The third-order valence-electron chi connectivity index (χ3n) is 5.38. The summed E-state index contributed by atoms with van der Waals surface area (Å²) in [6, 6.07) is 16.4. The molecular formula is C27H34N4O5. The summed E-state index contributed by atoms with van der Waals surface area (Å²) in [5.41, 5.74) is 12.7. The lowest BCUT2D eigenvalue weighted by Crippen LogP contribution is -2.37. The number of hydrogen-bond donors (Lipinski definition) is 4. The second-order valence-corrected chi connectivity index (χ2v) is 8.72. The molecule has 3 aromatic rings. The van der Waals surface area contributed by atoms with Crippen LogP contribution in [0, 0.1) is 12.8 Å². The summed E-state index contributed by atoms with van der Waals surface area (Å²) >= 11 is 0. The van der Waals surface area contributed by atoms with Gasteiger partial charge in [0.2, 0.25) is 0 Å². The van der Waals surface area contributed by atoms with Crippen molar-refractivity contribution in [2.24, 2.45) is 5.92 Å². The van der Waals surface area contributed by atoms with E-state index in [1.807, 2.05) is 43.3 Å². The first-order valence-corrected chi connectivity index (χ1v) is 12.0. The summed E-state index contributed by atoms with van der Waals surface area (Å²) in [5, 5.41) is 1.62. The molecule has 9 heteroatoms. The van der Waals surface area contributed by atoms with E-state index >= 15 is 0 Å². The van der Waals surface area contributed by atoms with Gasteiger partial charge in [-0.3, -0.25) is 30.1 Å². The molecule has 36 heavy (non-hydrogen) atoms. The van der Waals surface area contributed by atoms with Crippen LogP contribution >= 0.6 is 0 Å². The Labute approximate surface area is 211 Å². The Morgan fingerprint density at radius 1 is 0.889 bits per heavy atom. The van der Waals surface area contributed by atoms with E-state index in [2.05, 4.69) is 35.9 Å². The highest BCUT2D eigenvalue weighted by molar-refractivity contribution is 6.07. The highest BCUT2D eigenvalue weighted by Gasteiger charge is 2.13. The summed E-state index contributed by atoms with van der Waals surface area (Å²) in [6.45, 7) is 9.18. The van der Waals surface area contributed by atoms with Crippen LogP contribution in [0.25, 0.3) is 10.8 Å². The zero-order valence-corrected chi connectivity index (χ0v) is 21.1. The van der Waals surface area contributed by atoms with Crippen LogP contribution in [-0.4, -0.2) is 25.0 Å². The van der Waals surface area contributed by atoms with Crippen molar-refractivity contribution < 1.29 is 24.0 Å². The van der Waals surface area contributed by atoms with Gasteiger partial charge in [0.25, 0.3) is 11.8 Å². The van der Waals surface area contributed by atoms with Gasteiger partial charge in [-0.1, -0.05) is 44.2 Å². The Hall–Kier alpha value is -3.50. The standard InChI is InChI=1S/C27H34N4O5/c1-5-35-30-29-27(33)25-11-10-20(23-8-6-7-9-24(23)25)17-36-31-28-26(32)21-14-19(4)15-22(16-21)34-13-12-18(2)3/h6-11,14-16,18,30-31H,5,12-13,17H2,1-4H3,(H,28,32)(H,29,33). The fraction of sp³-hybridized carbons (Fsp3) is 0.333. The Morgan fingerprint density at radius 2 is 1.61 bits per heavy atom. The van der Waals surface area contributed by atoms with Gasteiger partial charge in [-0.05, 0) is 72.4 Å². The Morgan fingerprint density at radius 3 is 2.36 bits per heavy atom. The van der Waals surface area contributed by atoms with Gasteiger partial charge in [0.1, 0.15) is 5.75 Å². The molecule has 0 radical (unpaired) electrons. The summed E-state index contributed by atoms with van der Waals surface area (Å²) in [4.78, 5) is 35.6. The molecule has 4 N–H and O–H groups in total. The minimum Gasteiger partial charge on any atom is -0.494 e. The molecule has 0 bridgehead atoms. The fourth-order valence-corrected chi connectivity index (χ4v) is 3.55. The van der Waals surface area contributed by atoms with Crippen molar-refractivity contribution in [3.8, 4) is 5.75 Å². The van der Waals surface area contributed by atoms with E-state index < -0.39 is 0 Å². The third kappa shape index (κ3) is 7.76. The van der Waals surface area contributed by atoms with Gasteiger partial charge in [0, 0.05) is 11.1 Å². The van der Waals surface area contributed by atoms with E-state index in [9.17, 15) is 9.59 Å². The summed E-state index contributed by atoms with van der Waals surface area (Å²) in [6.07, 6.45) is 0.940. The second-order valence-electron chi connectivity index (χ2n) is 8.72. The molecule has 9 nitrogen and oxygen atoms in total. The fourth-order valence-electron chi connectivity index (χ4n) is 3.55. The zero-order valence-electron chi connectivity index (χ0n) is 21.1. The maximum absolute atomic E-state index is 12.6. The third-order valence-corrected chi connectivity index (χ3v) is 5.38. The molecular weight excluding hydrogens is 460 g/mol. The van der Waals surface area contributed by atoms with Crippen LogP contribution < -0.4 is 26.8 Å². The summed E-state index contributed by atoms with van der Waals surface area (Å²) in [5.74, 6) is 0.546. The molecule has 0 spiro atoms. The summed E-state index contributed by atoms with van der Waals surface area (Å²) in [7, 11) is 0. The quantitative estimate of drug-likeness (QED) is 0.209. The van der Waals surface area contributed by atoms with Gasteiger partial charge >= 0.3 is 0 Å². The molecule has 3 aromatic carbocycles. The molecule has 2 amide bonds. The number of carbonyl (C=O) groups excluding carboxylic acids is 2. The monoisotopic (exact) mass is 494 g/mol. The number of amides is 2. The van der Waals surface area contributed by atoms with Gasteiger partial charge < -0.3 is 4.74 Å². The van der Waals surface area contributed by atoms with Gasteiger partial charge in [-0.15, -0.1) is 11.2 Å². The Balaban J connectivity index is 1.58. The van der Waals surface area contributed by atoms with E-state index in [0.29, 0.717) is 36.0 Å². The number of aryl methyl sites for hydroxylation is 1. The van der Waals surface area contributed by atoms with E-state index in [-0.39, 0.29) is 18.4 Å². The SMILES string of the molecule is CCONNC(=O)c1ccc(CONNC(=O)c2cc(C)cc(OCCC(C)C)c2)c2ccccc12. The number of rotatable bonds is 13. The molecule has 0 heterocycles. The van der Waals surface area contributed by atoms with Crippen molar-refractivity contribution >= 4 is 22.6 Å². The molecule has 0 aromatic heterocycles. The normalized spacial score (nSPS) is 11.0. The predicted molar refractivity (Wildman–Crippen MR) is 138 cm³/mol. The average Bonchev–Trinajstić information content (AvgIpc) is 2.86. The van der Waals surface area contributed by atoms with Gasteiger partial charge in [0.05, 0.1) is 19.8 Å². The Kier molecular flexibility index (Phi) is 10.2. The van der Waals surface area contributed by atoms with Gasteiger partial charge in [-0.2, -0.15) is 0 Å².